The molecule has 29 heavy (non-hydrogen) atoms. The molecule has 0 bridgehead atoms. The number of ether oxygens (including phenoxy) is 1. The highest BCUT2D eigenvalue weighted by atomic mass is 16.5. The maximum absolute atomic E-state index is 13.1. The van der Waals surface area contributed by atoms with Crippen molar-refractivity contribution in [3.05, 3.63) is 71.3 Å². The van der Waals surface area contributed by atoms with Crippen molar-refractivity contribution in [3.63, 3.8) is 0 Å². The number of nitrogens with zero attached hydrogens (tertiary/aromatic N) is 1. The van der Waals surface area contributed by atoms with Gasteiger partial charge >= 0.3 is 5.97 Å². The van der Waals surface area contributed by atoms with E-state index in [0.29, 0.717) is 29.9 Å². The molecule has 1 aliphatic heterocycles. The number of Topliss-reactive ketones (excluding diaryl/α,β-unsaturated/α-hetero) is 1. The summed E-state index contributed by atoms with van der Waals surface area (Å²) in [5, 5.41) is 0. The van der Waals surface area contributed by atoms with Gasteiger partial charge in [-0.15, -0.1) is 0 Å². The predicted molar refractivity (Wildman–Crippen MR) is 109 cm³/mol. The van der Waals surface area contributed by atoms with E-state index < -0.39 is 11.8 Å². The number of aliphatic imine (C=N–C) groups is 1. The van der Waals surface area contributed by atoms with Crippen LogP contribution in [0.25, 0.3) is 0 Å². The highest BCUT2D eigenvalue weighted by Gasteiger charge is 2.47. The molecule has 5 heteroatoms. The van der Waals surface area contributed by atoms with Crippen molar-refractivity contribution < 1.29 is 18.7 Å². The molecule has 2 aromatic rings. The fourth-order valence-electron chi connectivity index (χ4n) is 4.34. The van der Waals surface area contributed by atoms with Gasteiger partial charge in [-0.3, -0.25) is 14.6 Å². The summed E-state index contributed by atoms with van der Waals surface area (Å²) in [5.74, 6) is -0.921. The van der Waals surface area contributed by atoms with Gasteiger partial charge in [-0.2, -0.15) is 0 Å². The normalized spacial score (nSPS) is 23.4. The summed E-state index contributed by atoms with van der Waals surface area (Å²) in [5.41, 5.74) is 2.81. The number of hydrogen-bond acceptors (Lipinski definition) is 5. The molecular weight excluding hydrogens is 366 g/mol. The van der Waals surface area contributed by atoms with E-state index >= 15 is 0 Å². The molecule has 2 heterocycles. The smallest absolute Gasteiger partial charge is 0.316 e. The van der Waals surface area contributed by atoms with E-state index in [1.165, 1.54) is 0 Å². The number of hydrogen-bond donors (Lipinski definition) is 0. The third-order valence-electron chi connectivity index (χ3n) is 5.63. The van der Waals surface area contributed by atoms with E-state index in [1.54, 1.807) is 12.3 Å². The molecule has 1 aromatic heterocycles. The molecule has 0 spiro atoms. The van der Waals surface area contributed by atoms with Gasteiger partial charge in [0.1, 0.15) is 18.3 Å². The average Bonchev–Trinajstić information content (AvgIpc) is 3.19. The molecule has 1 unspecified atom stereocenters. The molecule has 2 aliphatic rings. The Kier molecular flexibility index (Phi) is 4.99. The van der Waals surface area contributed by atoms with Gasteiger partial charge in [-0.05, 0) is 36.5 Å². The van der Waals surface area contributed by atoms with Crippen LogP contribution in [0, 0.1) is 11.3 Å². The van der Waals surface area contributed by atoms with Crippen LogP contribution < -0.4 is 0 Å². The molecule has 0 N–H and O–H groups in total. The lowest BCUT2D eigenvalue weighted by molar-refractivity contribution is -0.148. The van der Waals surface area contributed by atoms with Gasteiger partial charge in [-0.25, -0.2) is 0 Å². The minimum atomic E-state index is -0.672. The lowest BCUT2D eigenvalue weighted by atomic mass is 9.68. The van der Waals surface area contributed by atoms with Crippen molar-refractivity contribution in [2.75, 3.05) is 0 Å². The van der Waals surface area contributed by atoms with E-state index in [2.05, 4.69) is 13.8 Å². The first-order valence-corrected chi connectivity index (χ1v) is 9.91. The van der Waals surface area contributed by atoms with Crippen LogP contribution in [0.5, 0.6) is 0 Å². The second kappa shape index (κ2) is 7.47. The van der Waals surface area contributed by atoms with E-state index in [9.17, 15) is 9.59 Å². The highest BCUT2D eigenvalue weighted by molar-refractivity contribution is 6.08. The van der Waals surface area contributed by atoms with Gasteiger partial charge in [-0.1, -0.05) is 44.2 Å². The zero-order valence-corrected chi connectivity index (χ0v) is 17.0. The van der Waals surface area contributed by atoms with Crippen LogP contribution in [-0.2, 0) is 20.9 Å². The summed E-state index contributed by atoms with van der Waals surface area (Å²) in [4.78, 5) is 30.9. The number of esters is 1. The molecule has 150 valence electrons. The molecule has 0 fully saturated rings. The van der Waals surface area contributed by atoms with Crippen molar-refractivity contribution in [3.8, 4) is 0 Å². The molecule has 0 radical (unpaired) electrons. The number of allylic oxidation sites excluding steroid dienone is 2. The Hall–Kier alpha value is -2.95. The molecule has 1 aliphatic carbocycles. The molecule has 0 amide bonds. The molecular formula is C24H25NO4. The number of ketones is 1. The first-order valence-electron chi connectivity index (χ1n) is 9.91. The van der Waals surface area contributed by atoms with Gasteiger partial charge in [0, 0.05) is 23.4 Å². The largest absolute Gasteiger partial charge is 0.469 e. The third-order valence-corrected chi connectivity index (χ3v) is 5.63. The molecule has 1 aromatic carbocycles. The molecule has 0 saturated carbocycles. The zero-order chi connectivity index (χ0) is 20.6. The Bertz CT molecular complexity index is 983. The number of rotatable bonds is 4. The third kappa shape index (κ3) is 3.82. The van der Waals surface area contributed by atoms with Gasteiger partial charge in [0.2, 0.25) is 0 Å². The van der Waals surface area contributed by atoms with Crippen LogP contribution in [0.1, 0.15) is 50.9 Å². The molecule has 4 rings (SSSR count). The van der Waals surface area contributed by atoms with Gasteiger partial charge < -0.3 is 9.15 Å². The minimum Gasteiger partial charge on any atom is -0.469 e. The van der Waals surface area contributed by atoms with E-state index in [-0.39, 0.29) is 23.8 Å². The summed E-state index contributed by atoms with van der Waals surface area (Å²) in [6.07, 6.45) is 2.71. The van der Waals surface area contributed by atoms with Crippen molar-refractivity contribution in [1.82, 2.24) is 0 Å². The Morgan fingerprint density at radius 2 is 1.93 bits per heavy atom. The van der Waals surface area contributed by atoms with Crippen LogP contribution >= 0.6 is 0 Å². The van der Waals surface area contributed by atoms with Gasteiger partial charge in [0.05, 0.1) is 12.2 Å². The summed E-state index contributed by atoms with van der Waals surface area (Å²) >= 11 is 0. The van der Waals surface area contributed by atoms with Crippen molar-refractivity contribution in [1.29, 1.82) is 0 Å². The van der Waals surface area contributed by atoms with Gasteiger partial charge in [0.15, 0.2) is 5.78 Å². The van der Waals surface area contributed by atoms with E-state index in [4.69, 9.17) is 14.1 Å². The van der Waals surface area contributed by atoms with Crippen LogP contribution in [0.3, 0.4) is 0 Å². The Balaban J connectivity index is 1.68. The fraction of sp³-hybridized carbons (Fsp3) is 0.375. The number of carbonyl (C=O) groups excluding carboxylic acids is 2. The van der Waals surface area contributed by atoms with Crippen LogP contribution in [0.2, 0.25) is 0 Å². The lowest BCUT2D eigenvalue weighted by Crippen LogP contribution is -2.39. The zero-order valence-electron chi connectivity index (χ0n) is 17.0. The summed E-state index contributed by atoms with van der Waals surface area (Å²) in [6, 6.07) is 13.1. The average molecular weight is 391 g/mol. The van der Waals surface area contributed by atoms with Crippen molar-refractivity contribution in [2.24, 2.45) is 16.3 Å². The fourth-order valence-corrected chi connectivity index (χ4v) is 4.34. The first kappa shape index (κ1) is 19.4. The highest BCUT2D eigenvalue weighted by Crippen LogP contribution is 2.48. The quantitative estimate of drug-likeness (QED) is 0.699. The van der Waals surface area contributed by atoms with E-state index in [1.807, 2.05) is 43.3 Å². The topological polar surface area (TPSA) is 68.9 Å². The summed E-state index contributed by atoms with van der Waals surface area (Å²) < 4.78 is 11.3. The summed E-state index contributed by atoms with van der Waals surface area (Å²) in [6.45, 7) is 6.16. The Morgan fingerprint density at radius 1 is 1.17 bits per heavy atom. The van der Waals surface area contributed by atoms with Crippen molar-refractivity contribution in [2.45, 2.75) is 46.1 Å². The van der Waals surface area contributed by atoms with Crippen LogP contribution in [0.4, 0.5) is 0 Å². The second-order valence-electron chi connectivity index (χ2n) is 8.62. The number of benzene rings is 1. The molecule has 5 nitrogen and oxygen atoms in total. The van der Waals surface area contributed by atoms with Crippen molar-refractivity contribution >= 4 is 17.5 Å². The SMILES string of the molecule is CC1=NC2=C(C(=O)CC(C)(C)C2)[C@H](c2ccco2)C1C(=O)OCc1ccccc1. The number of carbonyl (C=O) groups is 2. The minimum absolute atomic E-state index is 0.0368. The van der Waals surface area contributed by atoms with E-state index in [0.717, 1.165) is 11.3 Å². The van der Waals surface area contributed by atoms with Crippen LogP contribution in [0.15, 0.2) is 69.4 Å². The maximum atomic E-state index is 13.1. The predicted octanol–water partition coefficient (Wildman–Crippen LogP) is 4.84. The lowest BCUT2D eigenvalue weighted by Gasteiger charge is -2.38. The Labute approximate surface area is 170 Å². The maximum Gasteiger partial charge on any atom is 0.316 e. The standard InChI is InChI=1S/C24H25NO4/c1-15-20(23(27)29-14-16-8-5-4-6-9-16)22(19-10-7-11-28-19)21-17(25-15)12-24(2,3)13-18(21)26/h4-11,20,22H,12-14H2,1-3H3/t20?,22-/m1/s1. The first-order chi connectivity index (χ1) is 13.9. The number of furan rings is 1. The van der Waals surface area contributed by atoms with Crippen LogP contribution in [-0.4, -0.2) is 17.5 Å². The summed E-state index contributed by atoms with van der Waals surface area (Å²) in [7, 11) is 0. The second-order valence-corrected chi connectivity index (χ2v) is 8.62. The monoisotopic (exact) mass is 391 g/mol. The molecule has 2 atom stereocenters. The molecule has 0 saturated heterocycles. The van der Waals surface area contributed by atoms with Gasteiger partial charge in [0.25, 0.3) is 0 Å². The Morgan fingerprint density at radius 3 is 2.62 bits per heavy atom.